The van der Waals surface area contributed by atoms with Gasteiger partial charge in [-0.15, -0.1) is 24.4 Å². The second-order valence-corrected chi connectivity index (χ2v) is 28.3. The molecule has 112 heavy (non-hydrogen) atoms. The van der Waals surface area contributed by atoms with E-state index in [9.17, 15) is 61.3 Å². The molecule has 552 valence electrons. The predicted molar refractivity (Wildman–Crippen MR) is 434 cm³/mol. The van der Waals surface area contributed by atoms with Crippen LogP contribution < -0.4 is 40.0 Å². The number of para-hydroxylation sites is 4. The zero-order valence-electron chi connectivity index (χ0n) is 59.9. The van der Waals surface area contributed by atoms with Gasteiger partial charge in [-0.1, -0.05) is 206 Å². The number of anilines is 12. The predicted octanol–water partition coefficient (Wildman–Crippen LogP) is 18.2. The molecule has 2 fully saturated rings. The lowest BCUT2D eigenvalue weighted by molar-refractivity contribution is -0.537. The molecule has 0 heterocycles. The van der Waals surface area contributed by atoms with E-state index >= 15 is 0 Å². The highest BCUT2D eigenvalue weighted by atomic mass is 16.3. The minimum absolute atomic E-state index is 0.154. The van der Waals surface area contributed by atoms with Gasteiger partial charge in [0.05, 0.1) is 34.1 Å². The number of hydrogen-bond acceptors (Lipinski definition) is 16. The third kappa shape index (κ3) is 12.8. The maximum absolute atomic E-state index is 14.0. The normalized spacial score (nSPS) is 17.8. The first kappa shape index (κ1) is 71.0. The molecule has 0 saturated heterocycles. The van der Waals surface area contributed by atoms with Crippen LogP contribution >= 0.6 is 0 Å². The quantitative estimate of drug-likeness (QED) is 0.0447. The molecule has 8 N–H and O–H groups in total. The second kappa shape index (κ2) is 29.5. The maximum Gasteiger partial charge on any atom is 0.124 e. The van der Waals surface area contributed by atoms with Crippen LogP contribution in [0.4, 0.5) is 68.2 Å². The van der Waals surface area contributed by atoms with Gasteiger partial charge in [-0.3, -0.25) is 0 Å². The van der Waals surface area contributed by atoms with Crippen LogP contribution in [0.2, 0.25) is 0 Å². The molecule has 0 atom stereocenters. The van der Waals surface area contributed by atoms with Crippen molar-refractivity contribution in [2.45, 2.75) is 48.1 Å². The first-order valence-electron chi connectivity index (χ1n) is 36.8. The van der Waals surface area contributed by atoms with Gasteiger partial charge in [-0.25, -0.2) is 0 Å². The van der Waals surface area contributed by atoms with Gasteiger partial charge >= 0.3 is 0 Å². The average molecular weight is 1470 g/mol. The van der Waals surface area contributed by atoms with E-state index in [1.165, 1.54) is 48.5 Å². The minimum Gasteiger partial charge on any atom is -0.851 e. The number of benzene rings is 16. The summed E-state index contributed by atoms with van der Waals surface area (Å²) in [5.41, 5.74) is 7.28. The molecule has 16 aromatic carbocycles. The summed E-state index contributed by atoms with van der Waals surface area (Å²) in [5, 5.41) is 156. The Bertz CT molecular complexity index is 5700. The second-order valence-electron chi connectivity index (χ2n) is 28.3. The van der Waals surface area contributed by atoms with E-state index in [1.54, 1.807) is 0 Å². The van der Waals surface area contributed by atoms with Crippen LogP contribution in [-0.4, -0.2) is 65.3 Å². The highest BCUT2D eigenvalue weighted by Crippen LogP contribution is 2.59. The largest absolute Gasteiger partial charge is 0.851 e. The number of nitrogens with zero attached hydrogens (tertiary/aromatic N) is 4. The van der Waals surface area contributed by atoms with Crippen molar-refractivity contribution >= 4 is 111 Å². The first-order valence-corrected chi connectivity index (χ1v) is 36.8. The summed E-state index contributed by atoms with van der Waals surface area (Å²) in [6.07, 6.45) is -6.73. The minimum atomic E-state index is -1.69. The highest BCUT2D eigenvalue weighted by molar-refractivity contribution is 6.01. The summed E-state index contributed by atoms with van der Waals surface area (Å²) in [5.74, 6) is -8.55. The van der Waals surface area contributed by atoms with E-state index < -0.39 is 94.1 Å². The summed E-state index contributed by atoms with van der Waals surface area (Å²) in [6, 6.07) is 105. The van der Waals surface area contributed by atoms with Crippen molar-refractivity contribution in [3.05, 3.63) is 362 Å². The summed E-state index contributed by atoms with van der Waals surface area (Å²) in [6.45, 7) is 0. The standard InChI is InChI=1S/2C48H36N2O6/c51-39-25-33(49(31-17-3-1-4-18-31)37-23-11-15-29-13-7-9-21-35(29)37)26-40(52)43(39)45-47(55)46(48(45)56)44-41(53)27-34(28-42(44)54)50(32-19-5-2-6-20-32)38-24-12-16-30-14-8-10-22-36(30)38;51-39-25-37(49(33-15-3-1-4-16-33)35-21-19-29-11-7-9-13-31(29)23-35)26-40(52)43(39)45-47(55)46(48(45)56)44-41(53)27-38(28-42(44)54)50(34-17-5-2-6-18-34)36-22-20-30-12-8-10-14-32(30)24-36/h2*1-28,45-48,51-54H/q2*-2. The van der Waals surface area contributed by atoms with Crippen molar-refractivity contribution in [3.63, 3.8) is 0 Å². The fraction of sp³-hybridized carbons (Fsp3) is 0.0833. The number of rotatable bonds is 16. The lowest BCUT2D eigenvalue weighted by Crippen LogP contribution is -2.63. The highest BCUT2D eigenvalue weighted by Gasteiger charge is 2.46. The molecule has 0 aliphatic heterocycles. The van der Waals surface area contributed by atoms with E-state index in [0.717, 1.165) is 88.6 Å². The smallest absolute Gasteiger partial charge is 0.124 e. The molecule has 2 aliphatic rings. The van der Waals surface area contributed by atoms with Crippen molar-refractivity contribution in [2.75, 3.05) is 19.6 Å². The molecule has 16 aromatic rings. The van der Waals surface area contributed by atoms with Gasteiger partial charge in [0, 0.05) is 116 Å². The van der Waals surface area contributed by atoms with E-state index in [2.05, 4.69) is 0 Å². The Balaban J connectivity index is 0.000000163. The van der Waals surface area contributed by atoms with E-state index in [0.29, 0.717) is 22.7 Å². The van der Waals surface area contributed by atoms with Gasteiger partial charge in [0.25, 0.3) is 0 Å². The Morgan fingerprint density at radius 1 is 0.179 bits per heavy atom. The molecule has 0 radical (unpaired) electrons. The van der Waals surface area contributed by atoms with Crippen LogP contribution in [0.3, 0.4) is 0 Å². The topological polar surface area (TPSA) is 267 Å². The van der Waals surface area contributed by atoms with Crippen molar-refractivity contribution < 1.29 is 61.3 Å². The molecule has 0 aromatic heterocycles. The lowest BCUT2D eigenvalue weighted by Gasteiger charge is -2.61. The SMILES string of the molecule is [O-]C1C(c2c(O)cc(N(c3ccccc3)c3ccc4ccccc4c3)cc2O)C([O-])C1c1c(O)cc(N(c2ccccc2)c2ccc3ccccc3c2)cc1O.[O-]C1C(c2c(O)cc(N(c3ccccc3)c3cccc4ccccc34)cc2O)C([O-])C1c1c(O)cc(N(c2ccccc2)c2cccc3ccccc23)cc1O. The van der Waals surface area contributed by atoms with E-state index in [4.69, 9.17) is 0 Å². The van der Waals surface area contributed by atoms with Gasteiger partial charge in [0.2, 0.25) is 0 Å². The number of hydrogen-bond donors (Lipinski definition) is 8. The van der Waals surface area contributed by atoms with Gasteiger partial charge in [0.1, 0.15) is 46.0 Å². The van der Waals surface area contributed by atoms with E-state index in [-0.39, 0.29) is 22.3 Å². The molecule has 16 nitrogen and oxygen atoms in total. The van der Waals surface area contributed by atoms with Gasteiger partial charge in [-0.05, 0) is 141 Å². The number of aromatic hydroxyl groups is 8. The third-order valence-electron chi connectivity index (χ3n) is 21.7. The van der Waals surface area contributed by atoms with Crippen LogP contribution in [0.5, 0.6) is 46.0 Å². The monoisotopic (exact) mass is 1470 g/mol. The summed E-state index contributed by atoms with van der Waals surface area (Å²) in [7, 11) is 0. The molecule has 16 heteroatoms. The molecule has 0 amide bonds. The van der Waals surface area contributed by atoms with Crippen molar-refractivity contribution in [2.24, 2.45) is 0 Å². The number of fused-ring (bicyclic) bond motifs is 4. The molecular weight excluding hydrogens is 1400 g/mol. The van der Waals surface area contributed by atoms with Crippen LogP contribution in [0.1, 0.15) is 45.9 Å². The van der Waals surface area contributed by atoms with E-state index in [1.807, 2.05) is 311 Å². The fourth-order valence-corrected chi connectivity index (χ4v) is 16.5. The Morgan fingerprint density at radius 3 is 0.688 bits per heavy atom. The van der Waals surface area contributed by atoms with Crippen LogP contribution in [-0.2, 0) is 0 Å². The van der Waals surface area contributed by atoms with Crippen LogP contribution in [0.15, 0.2) is 340 Å². The van der Waals surface area contributed by atoms with Gasteiger partial charge < -0.3 is 80.9 Å². The van der Waals surface area contributed by atoms with Crippen molar-refractivity contribution in [3.8, 4) is 46.0 Å². The summed E-state index contributed by atoms with van der Waals surface area (Å²) in [4.78, 5) is 7.54. The maximum atomic E-state index is 14.0. The number of phenolic OH excluding ortho intramolecular Hbond substituents is 8. The molecular formula is C96H72N4O12-4. The Labute approximate surface area is 644 Å². The lowest BCUT2D eigenvalue weighted by atomic mass is 9.62. The van der Waals surface area contributed by atoms with Crippen molar-refractivity contribution in [1.29, 1.82) is 0 Å². The van der Waals surface area contributed by atoms with Crippen LogP contribution in [0, 0.1) is 0 Å². The third-order valence-corrected chi connectivity index (χ3v) is 21.7. The zero-order chi connectivity index (χ0) is 77.0. The molecule has 18 rings (SSSR count). The Hall–Kier alpha value is -14.0. The fourth-order valence-electron chi connectivity index (χ4n) is 16.5. The van der Waals surface area contributed by atoms with Crippen LogP contribution in [0.25, 0.3) is 43.1 Å². The molecule has 0 unspecified atom stereocenters. The zero-order valence-corrected chi connectivity index (χ0v) is 59.9. The summed E-state index contributed by atoms with van der Waals surface area (Å²) < 4.78 is 0. The average Bonchev–Trinajstić information content (AvgIpc) is 0.726. The molecule has 0 spiro atoms. The first-order chi connectivity index (χ1) is 54.6. The van der Waals surface area contributed by atoms with Gasteiger partial charge in [0.15, 0.2) is 0 Å². The van der Waals surface area contributed by atoms with Gasteiger partial charge in [-0.2, -0.15) is 0 Å². The Kier molecular flexibility index (Phi) is 18.7. The molecule has 0 bridgehead atoms. The summed E-state index contributed by atoms with van der Waals surface area (Å²) >= 11 is 0. The Morgan fingerprint density at radius 2 is 0.402 bits per heavy atom. The number of phenols is 8. The molecule has 2 saturated carbocycles. The van der Waals surface area contributed by atoms with Crippen molar-refractivity contribution in [1.82, 2.24) is 0 Å². The molecule has 2 aliphatic carbocycles.